The van der Waals surface area contributed by atoms with Crippen LogP contribution in [0.1, 0.15) is 40.0 Å². The molecule has 0 saturated heterocycles. The molecule has 1 aliphatic carbocycles. The summed E-state index contributed by atoms with van der Waals surface area (Å²) in [5, 5.41) is 0. The van der Waals surface area contributed by atoms with Crippen molar-refractivity contribution in [2.45, 2.75) is 64.4 Å². The molecule has 0 amide bonds. The molecule has 1 aliphatic heterocycles. The van der Waals surface area contributed by atoms with E-state index >= 15 is 0 Å². The number of hydrogen-bond acceptors (Lipinski definition) is 6. The predicted molar refractivity (Wildman–Crippen MR) is 123 cm³/mol. The van der Waals surface area contributed by atoms with Gasteiger partial charge in [0.05, 0.1) is 18.1 Å². The molecule has 4 unspecified atom stereocenters. The van der Waals surface area contributed by atoms with Crippen LogP contribution in [0.2, 0.25) is 0 Å². The summed E-state index contributed by atoms with van der Waals surface area (Å²) in [6.45, 7) is 5.31. The van der Waals surface area contributed by atoms with Gasteiger partial charge in [0.1, 0.15) is 18.1 Å². The van der Waals surface area contributed by atoms with E-state index in [1.165, 1.54) is 6.26 Å². The molecule has 2 aliphatic rings. The SMILES string of the molecule is CC(C)OC(=O)C(C)OC1CCC2C(=O)C(Oc3ccc(-c4ccccc4)cc3)=COC2C1. The monoisotopic (exact) mass is 450 g/mol. The minimum absolute atomic E-state index is 0.0518. The fraction of sp³-hybridized carbons (Fsp3) is 0.407. The van der Waals surface area contributed by atoms with Crippen LogP contribution in [0.4, 0.5) is 0 Å². The van der Waals surface area contributed by atoms with Gasteiger partial charge in [-0.25, -0.2) is 4.79 Å². The first-order valence-electron chi connectivity index (χ1n) is 11.5. The minimum Gasteiger partial charge on any atom is -0.493 e. The normalized spacial score (nSPS) is 23.2. The van der Waals surface area contributed by atoms with E-state index in [1.807, 2.05) is 54.6 Å². The molecular formula is C27H30O6. The Hall–Kier alpha value is -3.12. The molecule has 2 aromatic carbocycles. The number of carbonyl (C=O) groups excluding carboxylic acids is 2. The maximum atomic E-state index is 13.0. The van der Waals surface area contributed by atoms with Gasteiger partial charge in [-0.15, -0.1) is 0 Å². The Morgan fingerprint density at radius 1 is 0.970 bits per heavy atom. The fourth-order valence-electron chi connectivity index (χ4n) is 4.28. The number of rotatable bonds is 7. The minimum atomic E-state index is -0.651. The van der Waals surface area contributed by atoms with Gasteiger partial charge in [0, 0.05) is 6.42 Å². The molecule has 1 heterocycles. The zero-order valence-corrected chi connectivity index (χ0v) is 19.2. The first-order valence-corrected chi connectivity index (χ1v) is 11.5. The first-order chi connectivity index (χ1) is 15.9. The summed E-state index contributed by atoms with van der Waals surface area (Å²) < 4.78 is 22.8. The maximum absolute atomic E-state index is 13.0. The molecule has 0 aromatic heterocycles. The molecule has 4 rings (SSSR count). The lowest BCUT2D eigenvalue weighted by atomic mass is 9.80. The molecule has 0 bridgehead atoms. The smallest absolute Gasteiger partial charge is 0.335 e. The third-order valence-corrected chi connectivity index (χ3v) is 5.94. The summed E-state index contributed by atoms with van der Waals surface area (Å²) in [6, 6.07) is 17.7. The summed E-state index contributed by atoms with van der Waals surface area (Å²) in [6.07, 6.45) is 1.98. The van der Waals surface area contributed by atoms with E-state index in [0.717, 1.165) is 11.1 Å². The van der Waals surface area contributed by atoms with Crippen molar-refractivity contribution in [3.8, 4) is 16.9 Å². The number of ether oxygens (including phenoxy) is 4. The van der Waals surface area contributed by atoms with Crippen LogP contribution >= 0.6 is 0 Å². The van der Waals surface area contributed by atoms with Gasteiger partial charge in [0.25, 0.3) is 0 Å². The van der Waals surface area contributed by atoms with Gasteiger partial charge in [-0.05, 0) is 56.9 Å². The number of Topliss-reactive ketones (excluding diaryl/α,β-unsaturated/α-hetero) is 1. The molecule has 0 N–H and O–H groups in total. The molecule has 6 nitrogen and oxygen atoms in total. The number of ketones is 1. The van der Waals surface area contributed by atoms with Crippen LogP contribution in [-0.2, 0) is 23.8 Å². The standard InChI is InChI=1S/C27H30O6/c1-17(2)31-27(29)18(3)32-22-13-14-23-24(15-22)30-16-25(26(23)28)33-21-11-9-20(10-12-21)19-7-5-4-6-8-19/h4-12,16-18,22-24H,13-15H2,1-3H3. The van der Waals surface area contributed by atoms with Gasteiger partial charge >= 0.3 is 5.97 Å². The van der Waals surface area contributed by atoms with E-state index in [4.69, 9.17) is 18.9 Å². The number of allylic oxidation sites excluding steroid dienone is 1. The van der Waals surface area contributed by atoms with Crippen LogP contribution in [0.3, 0.4) is 0 Å². The van der Waals surface area contributed by atoms with Crippen LogP contribution in [0, 0.1) is 5.92 Å². The van der Waals surface area contributed by atoms with E-state index in [2.05, 4.69) is 0 Å². The van der Waals surface area contributed by atoms with Gasteiger partial charge in [-0.2, -0.15) is 0 Å². The van der Waals surface area contributed by atoms with Crippen molar-refractivity contribution in [3.63, 3.8) is 0 Å². The van der Waals surface area contributed by atoms with Crippen LogP contribution < -0.4 is 4.74 Å². The molecule has 2 aromatic rings. The molecule has 33 heavy (non-hydrogen) atoms. The fourth-order valence-corrected chi connectivity index (χ4v) is 4.28. The molecule has 6 heteroatoms. The zero-order valence-electron chi connectivity index (χ0n) is 19.2. The lowest BCUT2D eigenvalue weighted by Gasteiger charge is -2.37. The Kier molecular flexibility index (Phi) is 7.14. The van der Waals surface area contributed by atoms with Crippen LogP contribution in [-0.4, -0.2) is 36.2 Å². The zero-order chi connectivity index (χ0) is 23.4. The van der Waals surface area contributed by atoms with Crippen molar-refractivity contribution < 1.29 is 28.5 Å². The molecule has 174 valence electrons. The van der Waals surface area contributed by atoms with Crippen molar-refractivity contribution in [2.75, 3.05) is 0 Å². The van der Waals surface area contributed by atoms with Crippen molar-refractivity contribution in [3.05, 3.63) is 66.6 Å². The highest BCUT2D eigenvalue weighted by atomic mass is 16.6. The highest BCUT2D eigenvalue weighted by molar-refractivity contribution is 5.96. The van der Waals surface area contributed by atoms with E-state index in [1.54, 1.807) is 20.8 Å². The van der Waals surface area contributed by atoms with Crippen molar-refractivity contribution in [1.29, 1.82) is 0 Å². The quantitative estimate of drug-likeness (QED) is 0.549. The van der Waals surface area contributed by atoms with Crippen LogP contribution in [0.5, 0.6) is 5.75 Å². The van der Waals surface area contributed by atoms with Gasteiger partial charge < -0.3 is 18.9 Å². The highest BCUT2D eigenvalue weighted by Crippen LogP contribution is 2.35. The average Bonchev–Trinajstić information content (AvgIpc) is 2.81. The lowest BCUT2D eigenvalue weighted by molar-refractivity contribution is -0.168. The summed E-state index contributed by atoms with van der Waals surface area (Å²) in [5.74, 6) is 0.111. The first kappa shape index (κ1) is 23.1. The lowest BCUT2D eigenvalue weighted by Crippen LogP contribution is -2.44. The van der Waals surface area contributed by atoms with Gasteiger partial charge in [-0.1, -0.05) is 42.5 Å². The Balaban J connectivity index is 1.34. The molecule has 0 spiro atoms. The molecule has 4 atom stereocenters. The average molecular weight is 451 g/mol. The Labute approximate surface area is 194 Å². The van der Waals surface area contributed by atoms with E-state index in [0.29, 0.717) is 25.0 Å². The van der Waals surface area contributed by atoms with Gasteiger partial charge in [0.15, 0.2) is 6.10 Å². The van der Waals surface area contributed by atoms with Crippen molar-refractivity contribution in [2.24, 2.45) is 5.92 Å². The van der Waals surface area contributed by atoms with E-state index in [-0.39, 0.29) is 41.7 Å². The van der Waals surface area contributed by atoms with Gasteiger partial charge in [0.2, 0.25) is 11.5 Å². The number of esters is 1. The second-order valence-electron chi connectivity index (χ2n) is 8.82. The largest absolute Gasteiger partial charge is 0.493 e. The Morgan fingerprint density at radius 3 is 2.36 bits per heavy atom. The second-order valence-corrected chi connectivity index (χ2v) is 8.82. The topological polar surface area (TPSA) is 71.1 Å². The second kappa shape index (κ2) is 10.2. The molecular weight excluding hydrogens is 420 g/mol. The number of carbonyl (C=O) groups is 2. The number of hydrogen-bond donors (Lipinski definition) is 0. The predicted octanol–water partition coefficient (Wildman–Crippen LogP) is 5.07. The molecule has 1 fully saturated rings. The summed E-state index contributed by atoms with van der Waals surface area (Å²) in [7, 11) is 0. The Morgan fingerprint density at radius 2 is 1.67 bits per heavy atom. The number of fused-ring (bicyclic) bond motifs is 1. The summed E-state index contributed by atoms with van der Waals surface area (Å²) >= 11 is 0. The molecule has 0 radical (unpaired) electrons. The third-order valence-electron chi connectivity index (χ3n) is 5.94. The third kappa shape index (κ3) is 5.63. The summed E-state index contributed by atoms with van der Waals surface area (Å²) in [5.41, 5.74) is 2.20. The van der Waals surface area contributed by atoms with Crippen LogP contribution in [0.25, 0.3) is 11.1 Å². The summed E-state index contributed by atoms with van der Waals surface area (Å²) in [4.78, 5) is 25.0. The van der Waals surface area contributed by atoms with E-state index < -0.39 is 6.10 Å². The maximum Gasteiger partial charge on any atom is 0.335 e. The molecule has 1 saturated carbocycles. The van der Waals surface area contributed by atoms with Crippen molar-refractivity contribution >= 4 is 11.8 Å². The van der Waals surface area contributed by atoms with Crippen molar-refractivity contribution in [1.82, 2.24) is 0 Å². The van der Waals surface area contributed by atoms with E-state index in [9.17, 15) is 9.59 Å². The Bertz CT molecular complexity index is 995. The highest BCUT2D eigenvalue weighted by Gasteiger charge is 2.42. The van der Waals surface area contributed by atoms with Crippen LogP contribution in [0.15, 0.2) is 66.6 Å². The number of benzene rings is 2. The van der Waals surface area contributed by atoms with Gasteiger partial charge in [-0.3, -0.25) is 4.79 Å².